The largest absolute Gasteiger partial charge is 0.443 e. The molecule has 2 fully saturated rings. The first kappa shape index (κ1) is 18.6. The summed E-state index contributed by atoms with van der Waals surface area (Å²) in [6, 6.07) is 4.13. The lowest BCUT2D eigenvalue weighted by atomic mass is 9.85. The van der Waals surface area contributed by atoms with Crippen LogP contribution >= 0.6 is 0 Å². The molecule has 4 atom stereocenters. The molecule has 1 saturated heterocycles. The van der Waals surface area contributed by atoms with E-state index >= 15 is 0 Å². The zero-order chi connectivity index (χ0) is 21.3. The number of rotatable bonds is 3. The highest BCUT2D eigenvalue weighted by Crippen LogP contribution is 2.52. The molecule has 7 nitrogen and oxygen atoms in total. The number of imide groups is 1. The van der Waals surface area contributed by atoms with Gasteiger partial charge in [-0.3, -0.25) is 14.2 Å². The number of hydrogen-bond donors (Lipinski definition) is 0. The Morgan fingerprint density at radius 3 is 2.37 bits per heavy atom. The number of furan rings is 1. The summed E-state index contributed by atoms with van der Waals surface area (Å²) in [5.74, 6) is 0.591. The Kier molecular flexibility index (Phi) is 3.91. The van der Waals surface area contributed by atoms with Crippen molar-refractivity contribution in [2.24, 2.45) is 28.8 Å². The second-order valence-corrected chi connectivity index (χ2v) is 8.47. The molecular weight excluding hydrogens is 380 g/mol. The van der Waals surface area contributed by atoms with Crippen molar-refractivity contribution >= 4 is 18.0 Å². The van der Waals surface area contributed by atoms with Gasteiger partial charge in [0, 0.05) is 22.5 Å². The maximum absolute atomic E-state index is 12.8. The molecule has 2 amide bonds. The number of carbonyl (C=O) groups is 2. The number of carbonyl (C=O) groups excluding carboxylic acids is 2. The van der Waals surface area contributed by atoms with Crippen molar-refractivity contribution < 1.29 is 14.0 Å². The first-order valence-electron chi connectivity index (χ1n) is 10.1. The van der Waals surface area contributed by atoms with Gasteiger partial charge in [-0.25, -0.2) is 0 Å². The summed E-state index contributed by atoms with van der Waals surface area (Å²) < 4.78 is 7.73. The molecule has 2 bridgehead atoms. The van der Waals surface area contributed by atoms with Crippen LogP contribution in [0.4, 0.5) is 0 Å². The summed E-state index contributed by atoms with van der Waals surface area (Å²) in [6.45, 7) is 7.51. The summed E-state index contributed by atoms with van der Waals surface area (Å²) in [4.78, 5) is 25.6. The molecule has 2 aromatic rings. The zero-order valence-electron chi connectivity index (χ0n) is 17.3. The first-order valence-corrected chi connectivity index (χ1v) is 10.1. The van der Waals surface area contributed by atoms with Crippen LogP contribution in [0.1, 0.15) is 40.3 Å². The number of amides is 2. The fraction of sp³-hybridized carbons (Fsp3) is 0.391. The third kappa shape index (κ3) is 2.34. The maximum atomic E-state index is 12.8. The molecule has 0 radical (unpaired) electrons. The van der Waals surface area contributed by atoms with E-state index in [4.69, 9.17) is 4.42 Å². The Bertz CT molecular complexity index is 1180. The van der Waals surface area contributed by atoms with Crippen LogP contribution in [0.2, 0.25) is 0 Å². The molecule has 2 aromatic heterocycles. The number of hydrogen-bond acceptors (Lipinski definition) is 5. The normalized spacial score (nSPS) is 27.0. The van der Waals surface area contributed by atoms with Crippen molar-refractivity contribution in [2.75, 3.05) is 0 Å². The molecule has 0 aromatic carbocycles. The monoisotopic (exact) mass is 402 g/mol. The third-order valence-electron chi connectivity index (χ3n) is 6.91. The van der Waals surface area contributed by atoms with E-state index in [0.717, 1.165) is 33.9 Å². The van der Waals surface area contributed by atoms with Crippen LogP contribution < -0.4 is 0 Å². The maximum Gasteiger partial charge on any atom is 0.254 e. The van der Waals surface area contributed by atoms with E-state index in [1.807, 2.05) is 38.3 Å². The molecule has 0 unspecified atom stereocenters. The van der Waals surface area contributed by atoms with E-state index in [9.17, 15) is 14.9 Å². The predicted octanol–water partition coefficient (Wildman–Crippen LogP) is 3.32. The van der Waals surface area contributed by atoms with Crippen LogP contribution in [-0.4, -0.2) is 27.6 Å². The van der Waals surface area contributed by atoms with Gasteiger partial charge in [0.05, 0.1) is 18.1 Å². The number of nitriles is 1. The molecule has 3 heterocycles. The lowest BCUT2D eigenvalue weighted by Gasteiger charge is -2.13. The molecule has 7 heteroatoms. The molecular formula is C23H22N4O3. The van der Waals surface area contributed by atoms with Crippen molar-refractivity contribution in [2.45, 2.75) is 34.1 Å². The average molecular weight is 402 g/mol. The van der Waals surface area contributed by atoms with Crippen molar-refractivity contribution in [3.05, 3.63) is 52.1 Å². The van der Waals surface area contributed by atoms with Crippen molar-refractivity contribution in [3.8, 4) is 12.0 Å². The van der Waals surface area contributed by atoms with Gasteiger partial charge in [-0.05, 0) is 52.0 Å². The predicted molar refractivity (Wildman–Crippen MR) is 109 cm³/mol. The minimum atomic E-state index is -0.260. The Morgan fingerprint density at radius 1 is 1.13 bits per heavy atom. The van der Waals surface area contributed by atoms with E-state index in [1.54, 1.807) is 6.21 Å². The van der Waals surface area contributed by atoms with Gasteiger partial charge in [-0.1, -0.05) is 12.2 Å². The minimum Gasteiger partial charge on any atom is -0.443 e. The Hall–Kier alpha value is -3.40. The molecule has 0 spiro atoms. The second kappa shape index (κ2) is 6.30. The number of fused-ring (bicyclic) bond motifs is 5. The number of allylic oxidation sites excluding steroid dienone is 2. The van der Waals surface area contributed by atoms with Crippen molar-refractivity contribution in [1.82, 2.24) is 9.58 Å². The lowest BCUT2D eigenvalue weighted by molar-refractivity contribution is -0.140. The van der Waals surface area contributed by atoms with Gasteiger partial charge in [-0.2, -0.15) is 15.4 Å². The van der Waals surface area contributed by atoms with Crippen LogP contribution in [0.15, 0.2) is 27.7 Å². The highest BCUT2D eigenvalue weighted by atomic mass is 16.4. The average Bonchev–Trinajstić information content (AvgIpc) is 3.48. The fourth-order valence-electron chi connectivity index (χ4n) is 5.25. The third-order valence-corrected chi connectivity index (χ3v) is 6.91. The molecule has 3 aliphatic rings. The van der Waals surface area contributed by atoms with Crippen LogP contribution in [-0.2, 0) is 9.59 Å². The van der Waals surface area contributed by atoms with E-state index in [-0.39, 0.29) is 35.5 Å². The minimum absolute atomic E-state index is 0.163. The van der Waals surface area contributed by atoms with Crippen LogP contribution in [0.5, 0.6) is 0 Å². The van der Waals surface area contributed by atoms with E-state index < -0.39 is 0 Å². The lowest BCUT2D eigenvalue weighted by Crippen LogP contribution is -2.28. The zero-order valence-corrected chi connectivity index (χ0v) is 17.3. The summed E-state index contributed by atoms with van der Waals surface area (Å²) in [6.07, 6.45) is 6.59. The van der Waals surface area contributed by atoms with E-state index in [1.165, 1.54) is 0 Å². The van der Waals surface area contributed by atoms with Gasteiger partial charge in [0.1, 0.15) is 17.4 Å². The molecule has 2 aliphatic carbocycles. The number of aromatic nitrogens is 1. The fourth-order valence-corrected chi connectivity index (χ4v) is 5.25. The molecule has 5 rings (SSSR count). The van der Waals surface area contributed by atoms with Gasteiger partial charge in [-0.15, -0.1) is 0 Å². The van der Waals surface area contributed by atoms with Crippen LogP contribution in [0.25, 0.3) is 5.88 Å². The second-order valence-electron chi connectivity index (χ2n) is 8.47. The van der Waals surface area contributed by atoms with Crippen LogP contribution in [0.3, 0.4) is 0 Å². The number of aryl methyl sites for hydroxylation is 2. The first-order chi connectivity index (χ1) is 14.3. The van der Waals surface area contributed by atoms with Crippen molar-refractivity contribution in [3.63, 3.8) is 0 Å². The summed E-state index contributed by atoms with van der Waals surface area (Å²) in [5.41, 5.74) is 3.78. The molecule has 0 N–H and O–H groups in total. The quantitative estimate of drug-likeness (QED) is 0.447. The van der Waals surface area contributed by atoms with Crippen LogP contribution in [0, 0.1) is 62.7 Å². The van der Waals surface area contributed by atoms with E-state index in [2.05, 4.69) is 23.3 Å². The number of nitrogens with zero attached hydrogens (tertiary/aromatic N) is 4. The van der Waals surface area contributed by atoms with E-state index in [0.29, 0.717) is 17.2 Å². The summed E-state index contributed by atoms with van der Waals surface area (Å²) >= 11 is 0. The standard InChI is InChI=1S/C23H22N4O3/c1-11-7-17(13(3)26(11)23-18(9-24)12(2)14(4)30-23)10-25-27-21(28)19-15-5-6-16(8-15)20(19)22(27)29/h5-7,10,15-16,19-20H,8H2,1-4H3/b25-10-/t15-,16-,19-,20+/m0/s1. The Labute approximate surface area is 174 Å². The number of hydrazone groups is 1. The van der Waals surface area contributed by atoms with Gasteiger partial charge >= 0.3 is 0 Å². The SMILES string of the molecule is Cc1oc(-n2c(C)cc(/C=N\N3C(=O)[C@@H]4[C@H](C3=O)[C@H]3C=C[C@H]4C3)c2C)c(C#N)c1C. The molecule has 1 saturated carbocycles. The molecule has 1 aliphatic heterocycles. The highest BCUT2D eigenvalue weighted by molar-refractivity contribution is 6.06. The van der Waals surface area contributed by atoms with Gasteiger partial charge in [0.25, 0.3) is 11.8 Å². The topological polar surface area (TPSA) is 91.6 Å². The van der Waals surface area contributed by atoms with Gasteiger partial charge < -0.3 is 4.42 Å². The Balaban J connectivity index is 1.48. The van der Waals surface area contributed by atoms with Crippen molar-refractivity contribution in [1.29, 1.82) is 5.26 Å². The highest BCUT2D eigenvalue weighted by Gasteiger charge is 2.59. The van der Waals surface area contributed by atoms with Gasteiger partial charge in [0.2, 0.25) is 5.88 Å². The molecule has 30 heavy (non-hydrogen) atoms. The van der Waals surface area contributed by atoms with Gasteiger partial charge in [0.15, 0.2) is 0 Å². The molecule has 152 valence electrons. The summed E-state index contributed by atoms with van der Waals surface area (Å²) in [7, 11) is 0. The summed E-state index contributed by atoms with van der Waals surface area (Å²) in [5, 5.41) is 14.9. The Morgan fingerprint density at radius 2 is 1.77 bits per heavy atom. The smallest absolute Gasteiger partial charge is 0.254 e.